The molecule has 0 radical (unpaired) electrons. The van der Waals surface area contributed by atoms with Gasteiger partial charge in [0.2, 0.25) is 0 Å². The van der Waals surface area contributed by atoms with E-state index in [2.05, 4.69) is 37.2 Å². The summed E-state index contributed by atoms with van der Waals surface area (Å²) in [7, 11) is 2.15. The van der Waals surface area contributed by atoms with E-state index >= 15 is 0 Å². The van der Waals surface area contributed by atoms with Crippen LogP contribution in [-0.4, -0.2) is 37.2 Å². The molecule has 0 bridgehead atoms. The monoisotopic (exact) mass is 280 g/mol. The Balaban J connectivity index is 1.84. The molecule has 0 aromatic carbocycles. The smallest absolute Gasteiger partial charge is 0.118 e. The Kier molecular flexibility index (Phi) is 5.64. The first kappa shape index (κ1) is 15.5. The van der Waals surface area contributed by atoms with Gasteiger partial charge in [0.25, 0.3) is 0 Å². The van der Waals surface area contributed by atoms with Gasteiger partial charge in [0, 0.05) is 31.3 Å². The molecule has 1 N–H and O–H groups in total. The highest BCUT2D eigenvalue weighted by molar-refractivity contribution is 5.20. The van der Waals surface area contributed by atoms with Crippen molar-refractivity contribution in [2.45, 2.75) is 58.8 Å². The molecule has 1 aliphatic heterocycles. The van der Waals surface area contributed by atoms with Crippen LogP contribution in [0.5, 0.6) is 0 Å². The Morgan fingerprint density at radius 2 is 2.25 bits per heavy atom. The summed E-state index contributed by atoms with van der Waals surface area (Å²) in [6.07, 6.45) is 2.81. The molecule has 0 aliphatic carbocycles. The minimum absolute atomic E-state index is 0.411. The molecule has 4 heteroatoms. The molecule has 0 spiro atoms. The van der Waals surface area contributed by atoms with E-state index in [0.717, 1.165) is 37.8 Å². The largest absolute Gasteiger partial charge is 0.465 e. The molecular weight excluding hydrogens is 252 g/mol. The maximum absolute atomic E-state index is 5.82. The molecule has 4 nitrogen and oxygen atoms in total. The van der Waals surface area contributed by atoms with Crippen LogP contribution in [0.25, 0.3) is 0 Å². The first-order valence-corrected chi connectivity index (χ1v) is 7.66. The van der Waals surface area contributed by atoms with Crippen molar-refractivity contribution in [3.63, 3.8) is 0 Å². The zero-order chi connectivity index (χ0) is 14.5. The Morgan fingerprint density at radius 3 is 2.90 bits per heavy atom. The number of hydrogen-bond acceptors (Lipinski definition) is 4. The molecule has 1 atom stereocenters. The Hall–Kier alpha value is -0.840. The van der Waals surface area contributed by atoms with Crippen molar-refractivity contribution in [2.75, 3.05) is 20.2 Å². The van der Waals surface area contributed by atoms with Crippen molar-refractivity contribution in [3.05, 3.63) is 23.2 Å². The van der Waals surface area contributed by atoms with Crippen LogP contribution < -0.4 is 5.32 Å². The average molecular weight is 280 g/mol. The van der Waals surface area contributed by atoms with Gasteiger partial charge in [0.1, 0.15) is 11.5 Å². The number of nitrogens with one attached hydrogen (secondary N) is 1. The summed E-state index contributed by atoms with van der Waals surface area (Å²) in [6.45, 7) is 10.00. The topological polar surface area (TPSA) is 37.6 Å². The highest BCUT2D eigenvalue weighted by Gasteiger charge is 2.18. The van der Waals surface area contributed by atoms with Crippen LogP contribution in [0.15, 0.2) is 10.5 Å². The number of rotatable bonds is 7. The highest BCUT2D eigenvalue weighted by Crippen LogP contribution is 2.18. The van der Waals surface area contributed by atoms with Gasteiger partial charge in [-0.25, -0.2) is 0 Å². The van der Waals surface area contributed by atoms with E-state index in [1.165, 1.54) is 18.4 Å². The second-order valence-corrected chi connectivity index (χ2v) is 6.16. The molecule has 2 rings (SSSR count). The Labute approximate surface area is 122 Å². The summed E-state index contributed by atoms with van der Waals surface area (Å²) < 4.78 is 11.5. The van der Waals surface area contributed by atoms with Gasteiger partial charge < -0.3 is 14.5 Å². The van der Waals surface area contributed by atoms with Gasteiger partial charge >= 0.3 is 0 Å². The molecule has 1 saturated heterocycles. The third-order valence-corrected chi connectivity index (χ3v) is 3.74. The van der Waals surface area contributed by atoms with Crippen molar-refractivity contribution >= 4 is 0 Å². The fourth-order valence-electron chi connectivity index (χ4n) is 2.63. The zero-order valence-electron chi connectivity index (χ0n) is 13.2. The van der Waals surface area contributed by atoms with Crippen LogP contribution in [-0.2, 0) is 17.8 Å². The lowest BCUT2D eigenvalue weighted by Crippen LogP contribution is -2.28. The molecule has 114 valence electrons. The van der Waals surface area contributed by atoms with Crippen molar-refractivity contribution in [3.8, 4) is 0 Å². The van der Waals surface area contributed by atoms with Crippen LogP contribution in [0.2, 0.25) is 0 Å². The summed E-state index contributed by atoms with van der Waals surface area (Å²) in [5, 5.41) is 3.39. The van der Waals surface area contributed by atoms with E-state index < -0.39 is 0 Å². The molecule has 20 heavy (non-hydrogen) atoms. The standard InChI is InChI=1S/C16H28N2O2/c1-12(2)17-9-16-8-14(13(3)20-16)10-18(4)11-15-6-5-7-19-15/h8,12,15,17H,5-7,9-11H2,1-4H3. The van der Waals surface area contributed by atoms with E-state index in [0.29, 0.717) is 12.1 Å². The lowest BCUT2D eigenvalue weighted by Gasteiger charge is -2.19. The number of likely N-dealkylation sites (N-methyl/N-ethyl adjacent to an activating group) is 1. The van der Waals surface area contributed by atoms with Crippen molar-refractivity contribution < 1.29 is 9.15 Å². The van der Waals surface area contributed by atoms with Crippen LogP contribution in [0.1, 0.15) is 43.8 Å². The minimum Gasteiger partial charge on any atom is -0.465 e. The fourth-order valence-corrected chi connectivity index (χ4v) is 2.63. The van der Waals surface area contributed by atoms with E-state index in [9.17, 15) is 0 Å². The van der Waals surface area contributed by atoms with Gasteiger partial charge in [-0.05, 0) is 32.9 Å². The Bertz CT molecular complexity index is 409. The molecule has 1 unspecified atom stereocenters. The van der Waals surface area contributed by atoms with Gasteiger partial charge in [0.05, 0.1) is 12.6 Å². The van der Waals surface area contributed by atoms with E-state index in [4.69, 9.17) is 9.15 Å². The SMILES string of the molecule is Cc1oc(CNC(C)C)cc1CN(C)CC1CCCO1. The zero-order valence-corrected chi connectivity index (χ0v) is 13.2. The van der Waals surface area contributed by atoms with Crippen molar-refractivity contribution in [2.24, 2.45) is 0 Å². The van der Waals surface area contributed by atoms with Crippen LogP contribution in [0.4, 0.5) is 0 Å². The molecule has 1 aromatic heterocycles. The molecule has 1 fully saturated rings. The molecule has 1 aromatic rings. The molecule has 2 heterocycles. The van der Waals surface area contributed by atoms with E-state index in [1.54, 1.807) is 0 Å². The quantitative estimate of drug-likeness (QED) is 0.833. The lowest BCUT2D eigenvalue weighted by molar-refractivity contribution is 0.0792. The van der Waals surface area contributed by atoms with E-state index in [1.807, 2.05) is 6.92 Å². The summed E-state index contributed by atoms with van der Waals surface area (Å²) in [5.74, 6) is 2.06. The molecule has 0 saturated carbocycles. The van der Waals surface area contributed by atoms with Crippen molar-refractivity contribution in [1.82, 2.24) is 10.2 Å². The maximum atomic E-state index is 5.82. The van der Waals surface area contributed by atoms with Crippen molar-refractivity contribution in [1.29, 1.82) is 0 Å². The molecule has 1 aliphatic rings. The maximum Gasteiger partial charge on any atom is 0.118 e. The second kappa shape index (κ2) is 7.25. The van der Waals surface area contributed by atoms with Crippen LogP contribution >= 0.6 is 0 Å². The van der Waals surface area contributed by atoms with Crippen LogP contribution in [0.3, 0.4) is 0 Å². The van der Waals surface area contributed by atoms with Gasteiger partial charge in [-0.1, -0.05) is 13.8 Å². The fraction of sp³-hybridized carbons (Fsp3) is 0.750. The van der Waals surface area contributed by atoms with Gasteiger partial charge in [-0.15, -0.1) is 0 Å². The predicted octanol–water partition coefficient (Wildman–Crippen LogP) is 2.70. The first-order valence-electron chi connectivity index (χ1n) is 7.66. The number of furan rings is 1. The highest BCUT2D eigenvalue weighted by atomic mass is 16.5. The third-order valence-electron chi connectivity index (χ3n) is 3.74. The summed E-state index contributed by atoms with van der Waals surface area (Å²) in [6, 6.07) is 2.66. The number of nitrogens with zero attached hydrogens (tertiary/aromatic N) is 1. The lowest BCUT2D eigenvalue weighted by atomic mass is 10.2. The van der Waals surface area contributed by atoms with Gasteiger partial charge in [-0.3, -0.25) is 4.90 Å². The number of aryl methyl sites for hydroxylation is 1. The molecular formula is C16H28N2O2. The normalized spacial score (nSPS) is 19.4. The average Bonchev–Trinajstić information content (AvgIpc) is 2.98. The number of ether oxygens (including phenoxy) is 1. The van der Waals surface area contributed by atoms with Crippen LogP contribution in [0, 0.1) is 6.92 Å². The third kappa shape index (κ3) is 4.62. The Morgan fingerprint density at radius 1 is 1.45 bits per heavy atom. The summed E-state index contributed by atoms with van der Waals surface area (Å²) in [4.78, 5) is 2.33. The minimum atomic E-state index is 0.411. The summed E-state index contributed by atoms with van der Waals surface area (Å²) in [5.41, 5.74) is 1.28. The van der Waals surface area contributed by atoms with E-state index in [-0.39, 0.29) is 0 Å². The van der Waals surface area contributed by atoms with Gasteiger partial charge in [-0.2, -0.15) is 0 Å². The predicted molar refractivity (Wildman–Crippen MR) is 80.7 cm³/mol. The second-order valence-electron chi connectivity index (χ2n) is 6.16. The summed E-state index contributed by atoms with van der Waals surface area (Å²) >= 11 is 0. The molecule has 0 amide bonds. The number of hydrogen-bond donors (Lipinski definition) is 1. The first-order chi connectivity index (χ1) is 9.54. The van der Waals surface area contributed by atoms with Gasteiger partial charge in [0.15, 0.2) is 0 Å².